The molecule has 0 radical (unpaired) electrons. The fraction of sp³-hybridized carbons (Fsp3) is 0.933. The maximum absolute atomic E-state index is 10.9. The zero-order valence-corrected chi connectivity index (χ0v) is 22.1. The van der Waals surface area contributed by atoms with E-state index in [-0.39, 0.29) is 23.5 Å². The van der Waals surface area contributed by atoms with Crippen LogP contribution in [0.5, 0.6) is 0 Å². The Morgan fingerprint density at radius 1 is 0.750 bits per heavy atom. The molecule has 0 aromatic heterocycles. The summed E-state index contributed by atoms with van der Waals surface area (Å²) in [5.41, 5.74) is 3.15. The molecule has 0 amide bonds. The highest BCUT2D eigenvalue weighted by Gasteiger charge is 2.68. The maximum atomic E-state index is 10.9. The van der Waals surface area contributed by atoms with E-state index in [4.69, 9.17) is 0 Å². The van der Waals surface area contributed by atoms with Gasteiger partial charge in [-0.15, -0.1) is 0 Å². The molecule has 3 unspecified atom stereocenters. The molecule has 0 aromatic rings. The van der Waals surface area contributed by atoms with E-state index in [0.29, 0.717) is 33.5 Å². The molecule has 9 atom stereocenters. The number of aliphatic hydroxyl groups excluding tert-OH is 2. The van der Waals surface area contributed by atoms with E-state index < -0.39 is 0 Å². The van der Waals surface area contributed by atoms with Crippen LogP contribution in [0, 0.1) is 50.2 Å². The summed E-state index contributed by atoms with van der Waals surface area (Å²) in [7, 11) is 0. The van der Waals surface area contributed by atoms with Crippen molar-refractivity contribution < 1.29 is 10.2 Å². The number of fused-ring (bicyclic) bond motifs is 7. The van der Waals surface area contributed by atoms with Gasteiger partial charge in [-0.25, -0.2) is 0 Å². The minimum atomic E-state index is -0.143. The molecule has 5 rings (SSSR count). The van der Waals surface area contributed by atoms with Gasteiger partial charge in [-0.3, -0.25) is 0 Å². The van der Waals surface area contributed by atoms with E-state index in [1.54, 1.807) is 5.57 Å². The molecule has 0 saturated heterocycles. The van der Waals surface area contributed by atoms with Gasteiger partial charge in [0.2, 0.25) is 0 Å². The first-order chi connectivity index (χ1) is 14.8. The van der Waals surface area contributed by atoms with Crippen LogP contribution in [0.2, 0.25) is 0 Å². The first-order valence-corrected chi connectivity index (χ1v) is 13.8. The van der Waals surface area contributed by atoms with Gasteiger partial charge in [0.25, 0.3) is 0 Å². The molecule has 0 aliphatic heterocycles. The van der Waals surface area contributed by atoms with Crippen molar-refractivity contribution >= 4 is 0 Å². The Morgan fingerprint density at radius 2 is 1.44 bits per heavy atom. The lowest BCUT2D eigenvalue weighted by molar-refractivity contribution is -0.229. The van der Waals surface area contributed by atoms with Crippen molar-refractivity contribution in [3.63, 3.8) is 0 Å². The van der Waals surface area contributed by atoms with Gasteiger partial charge in [-0.2, -0.15) is 0 Å². The van der Waals surface area contributed by atoms with Gasteiger partial charge in [0.05, 0.1) is 12.7 Å². The van der Waals surface area contributed by atoms with Crippen LogP contribution in [0.3, 0.4) is 0 Å². The number of allylic oxidation sites excluding steroid dienone is 1. The maximum Gasteiger partial charge on any atom is 0.0594 e. The number of rotatable bonds is 1. The molecule has 0 aromatic carbocycles. The van der Waals surface area contributed by atoms with Crippen molar-refractivity contribution in [1.29, 1.82) is 0 Å². The quantitative estimate of drug-likeness (QED) is 0.424. The van der Waals surface area contributed by atoms with Crippen LogP contribution in [-0.2, 0) is 0 Å². The first-order valence-electron chi connectivity index (χ1n) is 13.8. The van der Waals surface area contributed by atoms with Crippen molar-refractivity contribution in [3.05, 3.63) is 11.6 Å². The van der Waals surface area contributed by atoms with E-state index in [1.807, 2.05) is 0 Å². The Labute approximate surface area is 197 Å². The lowest BCUT2D eigenvalue weighted by Crippen LogP contribution is -2.65. The highest BCUT2D eigenvalue weighted by Crippen LogP contribution is 2.76. The second-order valence-corrected chi connectivity index (χ2v) is 15.0. The summed E-state index contributed by atoms with van der Waals surface area (Å²) in [5.74, 6) is 2.08. The Kier molecular flexibility index (Phi) is 5.02. The van der Waals surface area contributed by atoms with Gasteiger partial charge >= 0.3 is 0 Å². The minimum Gasteiger partial charge on any atom is -0.395 e. The van der Waals surface area contributed by atoms with E-state index in [2.05, 4.69) is 54.5 Å². The minimum absolute atomic E-state index is 0.0297. The summed E-state index contributed by atoms with van der Waals surface area (Å²) < 4.78 is 0. The van der Waals surface area contributed by atoms with E-state index in [9.17, 15) is 10.2 Å². The molecule has 2 nitrogen and oxygen atoms in total. The molecule has 4 fully saturated rings. The molecule has 5 aliphatic carbocycles. The molecule has 4 saturated carbocycles. The smallest absolute Gasteiger partial charge is 0.0594 e. The SMILES string of the molecule is CC1(C)C2CC[C@]3(C)C(CCC4C5=C[C@](C)(CO)CC[C@]5(C)CC[C@]43C)[C@@]2(C)CC[C@@H]1O. The Hall–Kier alpha value is -0.340. The Morgan fingerprint density at radius 3 is 2.12 bits per heavy atom. The molecule has 2 heteroatoms. The summed E-state index contributed by atoms with van der Waals surface area (Å²) >= 11 is 0. The van der Waals surface area contributed by atoms with Gasteiger partial charge in [-0.1, -0.05) is 60.1 Å². The van der Waals surface area contributed by atoms with Crippen LogP contribution in [0.15, 0.2) is 11.6 Å². The average Bonchev–Trinajstić information content (AvgIpc) is 2.73. The summed E-state index contributed by atoms with van der Waals surface area (Å²) in [4.78, 5) is 0. The van der Waals surface area contributed by atoms with E-state index >= 15 is 0 Å². The predicted molar refractivity (Wildman–Crippen MR) is 132 cm³/mol. The fourth-order valence-electron chi connectivity index (χ4n) is 10.7. The summed E-state index contributed by atoms with van der Waals surface area (Å²) in [6.07, 6.45) is 14.9. The Balaban J connectivity index is 1.56. The van der Waals surface area contributed by atoms with E-state index in [1.165, 1.54) is 51.4 Å². The topological polar surface area (TPSA) is 40.5 Å². The van der Waals surface area contributed by atoms with Crippen molar-refractivity contribution in [2.75, 3.05) is 6.61 Å². The highest BCUT2D eigenvalue weighted by molar-refractivity contribution is 5.32. The van der Waals surface area contributed by atoms with Crippen molar-refractivity contribution in [3.8, 4) is 0 Å². The highest BCUT2D eigenvalue weighted by atomic mass is 16.3. The molecular weight excluding hydrogens is 392 g/mol. The predicted octanol–water partition coefficient (Wildman–Crippen LogP) is 7.14. The lowest BCUT2D eigenvalue weighted by Gasteiger charge is -2.72. The normalized spacial score (nSPS) is 56.8. The van der Waals surface area contributed by atoms with Gasteiger partial charge in [0, 0.05) is 5.41 Å². The van der Waals surface area contributed by atoms with Crippen LogP contribution >= 0.6 is 0 Å². The lowest BCUT2D eigenvalue weighted by atomic mass is 9.32. The molecule has 0 heterocycles. The summed E-state index contributed by atoms with van der Waals surface area (Å²) in [5, 5.41) is 21.1. The average molecular weight is 443 g/mol. The number of aliphatic hydroxyl groups is 2. The summed E-state index contributed by atoms with van der Waals surface area (Å²) in [6.45, 7) is 17.8. The third kappa shape index (κ3) is 2.78. The zero-order valence-electron chi connectivity index (χ0n) is 22.1. The van der Waals surface area contributed by atoms with Crippen LogP contribution < -0.4 is 0 Å². The van der Waals surface area contributed by atoms with Crippen LogP contribution in [0.4, 0.5) is 0 Å². The molecule has 32 heavy (non-hydrogen) atoms. The van der Waals surface area contributed by atoms with E-state index in [0.717, 1.165) is 18.8 Å². The second kappa shape index (κ2) is 6.87. The Bertz CT molecular complexity index is 814. The van der Waals surface area contributed by atoms with Gasteiger partial charge in [0.1, 0.15) is 0 Å². The molecule has 182 valence electrons. The number of hydrogen-bond donors (Lipinski definition) is 2. The van der Waals surface area contributed by atoms with Crippen molar-refractivity contribution in [2.24, 2.45) is 50.2 Å². The molecule has 2 N–H and O–H groups in total. The summed E-state index contributed by atoms with van der Waals surface area (Å²) in [6, 6.07) is 0. The van der Waals surface area contributed by atoms with Gasteiger partial charge in [-0.05, 0) is 109 Å². The fourth-order valence-corrected chi connectivity index (χ4v) is 10.7. The molecular formula is C30H50O2. The van der Waals surface area contributed by atoms with Crippen LogP contribution in [0.25, 0.3) is 0 Å². The van der Waals surface area contributed by atoms with Gasteiger partial charge < -0.3 is 10.2 Å². The van der Waals surface area contributed by atoms with Gasteiger partial charge in [0.15, 0.2) is 0 Å². The molecule has 0 spiro atoms. The van der Waals surface area contributed by atoms with Crippen molar-refractivity contribution in [1.82, 2.24) is 0 Å². The standard InChI is InChI=1S/C30H50O2/c1-25(2)22-10-13-30(7)23(28(22,5)12-11-24(25)32)9-8-20-21-18-26(3,19-31)14-15-27(21,4)16-17-29(20,30)6/h18,20,22-24,31-32H,8-17,19H2,1-7H3/t20?,22?,23?,24-,26+,27+,28-,29+,30+/m0/s1. The second-order valence-electron chi connectivity index (χ2n) is 15.0. The van der Waals surface area contributed by atoms with Crippen LogP contribution in [-0.4, -0.2) is 22.9 Å². The van der Waals surface area contributed by atoms with Crippen LogP contribution in [0.1, 0.15) is 113 Å². The molecule has 0 bridgehead atoms. The van der Waals surface area contributed by atoms with Crippen molar-refractivity contribution in [2.45, 2.75) is 119 Å². The zero-order chi connectivity index (χ0) is 23.4. The third-order valence-corrected chi connectivity index (χ3v) is 13.2. The first kappa shape index (κ1) is 23.4. The monoisotopic (exact) mass is 442 g/mol. The largest absolute Gasteiger partial charge is 0.395 e. The molecule has 5 aliphatic rings. The number of hydrogen-bond acceptors (Lipinski definition) is 2. The third-order valence-electron chi connectivity index (χ3n) is 13.2.